The Morgan fingerprint density at radius 2 is 1.96 bits per heavy atom. The molecule has 120 valence electrons. The summed E-state index contributed by atoms with van der Waals surface area (Å²) in [6.07, 6.45) is 0.670. The van der Waals surface area contributed by atoms with Crippen LogP contribution in [0, 0.1) is 0 Å². The maximum Gasteiger partial charge on any atom is 0.303 e. The zero-order valence-corrected chi connectivity index (χ0v) is 12.7. The third-order valence-electron chi connectivity index (χ3n) is 3.69. The van der Waals surface area contributed by atoms with Crippen molar-refractivity contribution in [3.05, 3.63) is 53.6 Å². The molecule has 0 aromatic heterocycles. The Labute approximate surface area is 134 Å². The molecule has 0 saturated heterocycles. The van der Waals surface area contributed by atoms with E-state index in [2.05, 4.69) is 5.32 Å². The van der Waals surface area contributed by atoms with Crippen molar-refractivity contribution in [3.63, 3.8) is 0 Å². The molecule has 3 rings (SSSR count). The maximum atomic E-state index is 10.7. The Morgan fingerprint density at radius 3 is 2.83 bits per heavy atom. The molecule has 2 aromatic carbocycles. The van der Waals surface area contributed by atoms with Crippen molar-refractivity contribution < 1.29 is 19.4 Å². The number of carboxylic acids is 1. The van der Waals surface area contributed by atoms with Gasteiger partial charge in [0.1, 0.15) is 13.2 Å². The summed E-state index contributed by atoms with van der Waals surface area (Å²) in [5, 5.41) is 12.1. The van der Waals surface area contributed by atoms with Crippen LogP contribution < -0.4 is 14.8 Å². The Morgan fingerprint density at radius 1 is 1.13 bits per heavy atom. The SMILES string of the molecule is O=C(O)CCc1cccc(NCc2cccc3c2OCCO3)c1. The highest BCUT2D eigenvalue weighted by molar-refractivity contribution is 5.67. The fourth-order valence-corrected chi connectivity index (χ4v) is 2.56. The smallest absolute Gasteiger partial charge is 0.303 e. The van der Waals surface area contributed by atoms with E-state index in [9.17, 15) is 4.79 Å². The molecule has 0 atom stereocenters. The second kappa shape index (κ2) is 7.05. The van der Waals surface area contributed by atoms with Crippen LogP contribution in [-0.2, 0) is 17.8 Å². The molecule has 0 saturated carbocycles. The van der Waals surface area contributed by atoms with Crippen LogP contribution in [0.15, 0.2) is 42.5 Å². The van der Waals surface area contributed by atoms with E-state index >= 15 is 0 Å². The van der Waals surface area contributed by atoms with Gasteiger partial charge in [-0.3, -0.25) is 4.79 Å². The van der Waals surface area contributed by atoms with Crippen LogP contribution in [-0.4, -0.2) is 24.3 Å². The first-order valence-electron chi connectivity index (χ1n) is 7.64. The maximum absolute atomic E-state index is 10.7. The number of carboxylic acid groups (broad SMARTS) is 1. The highest BCUT2D eigenvalue weighted by atomic mass is 16.6. The lowest BCUT2D eigenvalue weighted by Gasteiger charge is -2.21. The zero-order chi connectivity index (χ0) is 16.1. The van der Waals surface area contributed by atoms with E-state index in [-0.39, 0.29) is 6.42 Å². The molecule has 0 fully saturated rings. The topological polar surface area (TPSA) is 67.8 Å². The van der Waals surface area contributed by atoms with Gasteiger partial charge in [-0.25, -0.2) is 0 Å². The van der Waals surface area contributed by atoms with Crippen LogP contribution in [0.2, 0.25) is 0 Å². The molecule has 1 aliphatic rings. The number of hydrogen-bond donors (Lipinski definition) is 2. The number of hydrogen-bond acceptors (Lipinski definition) is 4. The van der Waals surface area contributed by atoms with Crippen molar-refractivity contribution in [3.8, 4) is 11.5 Å². The summed E-state index contributed by atoms with van der Waals surface area (Å²) >= 11 is 0. The van der Waals surface area contributed by atoms with E-state index in [1.54, 1.807) is 0 Å². The van der Waals surface area contributed by atoms with Gasteiger partial charge < -0.3 is 19.9 Å². The second-order valence-electron chi connectivity index (χ2n) is 5.39. The Bertz CT molecular complexity index is 699. The Balaban J connectivity index is 1.67. The lowest BCUT2D eigenvalue weighted by atomic mass is 10.1. The fraction of sp³-hybridized carbons (Fsp3) is 0.278. The van der Waals surface area contributed by atoms with Gasteiger partial charge >= 0.3 is 5.97 Å². The van der Waals surface area contributed by atoms with Crippen LogP contribution in [0.4, 0.5) is 5.69 Å². The number of anilines is 1. The van der Waals surface area contributed by atoms with Crippen molar-refractivity contribution >= 4 is 11.7 Å². The highest BCUT2D eigenvalue weighted by Gasteiger charge is 2.15. The molecule has 2 aromatic rings. The van der Waals surface area contributed by atoms with E-state index in [1.165, 1.54) is 0 Å². The molecule has 0 spiro atoms. The molecule has 0 radical (unpaired) electrons. The lowest BCUT2D eigenvalue weighted by Crippen LogP contribution is -2.17. The molecule has 0 aliphatic carbocycles. The van der Waals surface area contributed by atoms with Crippen molar-refractivity contribution in [1.29, 1.82) is 0 Å². The summed E-state index contributed by atoms with van der Waals surface area (Å²) < 4.78 is 11.3. The third-order valence-corrected chi connectivity index (χ3v) is 3.69. The van der Waals surface area contributed by atoms with Gasteiger partial charge in [0.25, 0.3) is 0 Å². The second-order valence-corrected chi connectivity index (χ2v) is 5.39. The monoisotopic (exact) mass is 313 g/mol. The number of ether oxygens (including phenoxy) is 2. The minimum absolute atomic E-state index is 0.140. The lowest BCUT2D eigenvalue weighted by molar-refractivity contribution is -0.136. The summed E-state index contributed by atoms with van der Waals surface area (Å²) in [4.78, 5) is 10.7. The van der Waals surface area contributed by atoms with Gasteiger partial charge in [-0.15, -0.1) is 0 Å². The van der Waals surface area contributed by atoms with E-state index in [0.717, 1.165) is 28.3 Å². The van der Waals surface area contributed by atoms with Crippen LogP contribution in [0.25, 0.3) is 0 Å². The largest absolute Gasteiger partial charge is 0.486 e. The molecule has 5 nitrogen and oxygen atoms in total. The average Bonchev–Trinajstić information content (AvgIpc) is 2.58. The number of para-hydroxylation sites is 1. The van der Waals surface area contributed by atoms with Crippen LogP contribution >= 0.6 is 0 Å². The molecule has 5 heteroatoms. The number of fused-ring (bicyclic) bond motifs is 1. The van der Waals surface area contributed by atoms with Gasteiger partial charge in [0.05, 0.1) is 0 Å². The number of carbonyl (C=O) groups is 1. The van der Waals surface area contributed by atoms with Crippen LogP contribution in [0.3, 0.4) is 0 Å². The molecular formula is C18H19NO4. The minimum atomic E-state index is -0.781. The molecule has 23 heavy (non-hydrogen) atoms. The van der Waals surface area contributed by atoms with Crippen molar-refractivity contribution in [2.24, 2.45) is 0 Å². The summed E-state index contributed by atoms with van der Waals surface area (Å²) in [6, 6.07) is 13.7. The first-order valence-corrected chi connectivity index (χ1v) is 7.64. The fourth-order valence-electron chi connectivity index (χ4n) is 2.56. The molecule has 0 bridgehead atoms. The quantitative estimate of drug-likeness (QED) is 0.858. The molecule has 0 unspecified atom stereocenters. The van der Waals surface area contributed by atoms with E-state index in [1.807, 2.05) is 42.5 Å². The molecule has 0 amide bonds. The summed E-state index contributed by atoms with van der Waals surface area (Å²) in [5.74, 6) is 0.801. The number of aryl methyl sites for hydroxylation is 1. The van der Waals surface area contributed by atoms with Gasteiger partial charge in [-0.1, -0.05) is 24.3 Å². The zero-order valence-electron chi connectivity index (χ0n) is 12.7. The molecule has 2 N–H and O–H groups in total. The molecule has 1 heterocycles. The molecular weight excluding hydrogens is 294 g/mol. The van der Waals surface area contributed by atoms with Crippen LogP contribution in [0.1, 0.15) is 17.5 Å². The van der Waals surface area contributed by atoms with E-state index < -0.39 is 5.97 Å². The number of rotatable bonds is 6. The van der Waals surface area contributed by atoms with Gasteiger partial charge in [-0.05, 0) is 30.2 Å². The van der Waals surface area contributed by atoms with Crippen molar-refractivity contribution in [1.82, 2.24) is 0 Å². The first-order chi connectivity index (χ1) is 11.2. The first kappa shape index (κ1) is 15.2. The van der Waals surface area contributed by atoms with Gasteiger partial charge in [0.15, 0.2) is 11.5 Å². The molecule has 1 aliphatic heterocycles. The van der Waals surface area contributed by atoms with Crippen molar-refractivity contribution in [2.45, 2.75) is 19.4 Å². The Hall–Kier alpha value is -2.69. The summed E-state index contributed by atoms with van der Waals surface area (Å²) in [5.41, 5.74) is 3.01. The highest BCUT2D eigenvalue weighted by Crippen LogP contribution is 2.33. The minimum Gasteiger partial charge on any atom is -0.486 e. The van der Waals surface area contributed by atoms with Gasteiger partial charge in [-0.2, -0.15) is 0 Å². The normalized spacial score (nSPS) is 12.7. The summed E-state index contributed by atoms with van der Waals surface area (Å²) in [6.45, 7) is 1.76. The predicted octanol–water partition coefficient (Wildman–Crippen LogP) is 3.09. The van der Waals surface area contributed by atoms with Crippen LogP contribution in [0.5, 0.6) is 11.5 Å². The number of nitrogens with one attached hydrogen (secondary N) is 1. The van der Waals surface area contributed by atoms with E-state index in [0.29, 0.717) is 26.2 Å². The summed E-state index contributed by atoms with van der Waals surface area (Å²) in [7, 11) is 0. The van der Waals surface area contributed by atoms with E-state index in [4.69, 9.17) is 14.6 Å². The standard InChI is InChI=1S/C18H19NO4/c20-17(21)8-7-13-3-1-5-15(11-13)19-12-14-4-2-6-16-18(14)23-10-9-22-16/h1-6,11,19H,7-10,12H2,(H,20,21). The number of aliphatic carboxylic acids is 1. The van der Waals surface area contributed by atoms with Gasteiger partial charge in [0, 0.05) is 24.2 Å². The predicted molar refractivity (Wildman–Crippen MR) is 87.2 cm³/mol. The number of benzene rings is 2. The Kier molecular flexibility index (Phi) is 4.66. The van der Waals surface area contributed by atoms with Gasteiger partial charge in [0.2, 0.25) is 0 Å². The third kappa shape index (κ3) is 3.94. The average molecular weight is 313 g/mol. The van der Waals surface area contributed by atoms with Crippen molar-refractivity contribution in [2.75, 3.05) is 18.5 Å².